The van der Waals surface area contributed by atoms with Gasteiger partial charge in [0, 0.05) is 19.7 Å². The van der Waals surface area contributed by atoms with Crippen molar-refractivity contribution in [1.29, 1.82) is 0 Å². The number of likely N-dealkylation sites (tertiary alicyclic amines) is 1. The molecule has 1 aliphatic heterocycles. The van der Waals surface area contributed by atoms with Gasteiger partial charge in [0.1, 0.15) is 0 Å². The molecule has 0 radical (unpaired) electrons. The largest absolute Gasteiger partial charge is 0.380 e. The molecular formula is C9H17NO. The molecule has 64 valence electrons. The van der Waals surface area contributed by atoms with Gasteiger partial charge in [-0.25, -0.2) is 0 Å². The van der Waals surface area contributed by atoms with Crippen molar-refractivity contribution in [3.8, 4) is 0 Å². The van der Waals surface area contributed by atoms with Crippen LogP contribution in [0.15, 0.2) is 12.2 Å². The van der Waals surface area contributed by atoms with Gasteiger partial charge in [-0.2, -0.15) is 0 Å². The lowest BCUT2D eigenvalue weighted by Gasteiger charge is -2.24. The van der Waals surface area contributed by atoms with Crippen LogP contribution in [-0.4, -0.2) is 37.7 Å². The molecule has 2 nitrogen and oxygen atoms in total. The zero-order valence-electron chi connectivity index (χ0n) is 7.63. The summed E-state index contributed by atoms with van der Waals surface area (Å²) in [7, 11) is 3.89. The van der Waals surface area contributed by atoms with Crippen LogP contribution in [0.5, 0.6) is 0 Å². The Bertz CT molecular complexity index is 156. The van der Waals surface area contributed by atoms with Gasteiger partial charge in [0.15, 0.2) is 0 Å². The molecule has 0 spiro atoms. The molecule has 0 amide bonds. The second-order valence-corrected chi connectivity index (χ2v) is 3.38. The first-order valence-corrected chi connectivity index (χ1v) is 4.05. The van der Waals surface area contributed by atoms with Crippen molar-refractivity contribution in [3.63, 3.8) is 0 Å². The minimum atomic E-state index is 0.319. The van der Waals surface area contributed by atoms with E-state index in [1.165, 1.54) is 5.57 Å². The highest BCUT2D eigenvalue weighted by Crippen LogP contribution is 2.22. The Hall–Kier alpha value is -0.340. The zero-order chi connectivity index (χ0) is 8.43. The molecule has 2 heteroatoms. The summed E-state index contributed by atoms with van der Waals surface area (Å²) in [5.74, 6) is 0. The monoisotopic (exact) mass is 155 g/mol. The van der Waals surface area contributed by atoms with E-state index in [9.17, 15) is 0 Å². The Morgan fingerprint density at radius 1 is 1.73 bits per heavy atom. The molecule has 1 aliphatic rings. The predicted molar refractivity (Wildman–Crippen MR) is 46.6 cm³/mol. The average Bonchev–Trinajstić information content (AvgIpc) is 2.28. The maximum Gasteiger partial charge on any atom is 0.0701 e. The lowest BCUT2D eigenvalue weighted by Crippen LogP contribution is -2.35. The summed E-state index contributed by atoms with van der Waals surface area (Å²) in [4.78, 5) is 2.30. The van der Waals surface area contributed by atoms with E-state index in [4.69, 9.17) is 4.74 Å². The Balaban J connectivity index is 2.52. The Kier molecular flexibility index (Phi) is 2.68. The van der Waals surface area contributed by atoms with Crippen molar-refractivity contribution < 1.29 is 4.74 Å². The highest BCUT2D eigenvalue weighted by Gasteiger charge is 2.28. The molecule has 0 aliphatic carbocycles. The number of likely N-dealkylation sites (N-methyl/N-ethyl adjacent to an activating group) is 1. The van der Waals surface area contributed by atoms with Gasteiger partial charge < -0.3 is 4.74 Å². The van der Waals surface area contributed by atoms with Crippen LogP contribution in [0.25, 0.3) is 0 Å². The zero-order valence-corrected chi connectivity index (χ0v) is 7.63. The van der Waals surface area contributed by atoms with E-state index >= 15 is 0 Å². The number of nitrogens with zero attached hydrogens (tertiary/aromatic N) is 1. The highest BCUT2D eigenvalue weighted by molar-refractivity contribution is 5.08. The maximum absolute atomic E-state index is 5.27. The van der Waals surface area contributed by atoms with Gasteiger partial charge in [0.05, 0.1) is 6.10 Å². The van der Waals surface area contributed by atoms with Gasteiger partial charge in [-0.1, -0.05) is 12.2 Å². The number of methoxy groups -OCH3 is 1. The predicted octanol–water partition coefficient (Wildman–Crippen LogP) is 1.28. The number of rotatable bonds is 2. The van der Waals surface area contributed by atoms with E-state index in [1.54, 1.807) is 7.11 Å². The van der Waals surface area contributed by atoms with Crippen molar-refractivity contribution in [2.45, 2.75) is 25.5 Å². The Morgan fingerprint density at radius 3 is 2.73 bits per heavy atom. The molecule has 1 fully saturated rings. The molecule has 0 bridgehead atoms. The van der Waals surface area contributed by atoms with Crippen molar-refractivity contribution in [1.82, 2.24) is 4.90 Å². The molecule has 1 saturated heterocycles. The minimum Gasteiger partial charge on any atom is -0.380 e. The number of hydrogen-bond acceptors (Lipinski definition) is 2. The summed E-state index contributed by atoms with van der Waals surface area (Å²) >= 11 is 0. The summed E-state index contributed by atoms with van der Waals surface area (Å²) in [5, 5.41) is 0. The fourth-order valence-electron chi connectivity index (χ4n) is 1.67. The maximum atomic E-state index is 5.27. The second kappa shape index (κ2) is 3.37. The van der Waals surface area contributed by atoms with Crippen LogP contribution >= 0.6 is 0 Å². The fourth-order valence-corrected chi connectivity index (χ4v) is 1.67. The Labute approximate surface area is 68.8 Å². The lowest BCUT2D eigenvalue weighted by atomic mass is 10.1. The summed E-state index contributed by atoms with van der Waals surface area (Å²) in [6.07, 6.45) is 1.41. The molecule has 0 aromatic heterocycles. The topological polar surface area (TPSA) is 12.5 Å². The van der Waals surface area contributed by atoms with Gasteiger partial charge in [-0.05, 0) is 20.4 Å². The van der Waals surface area contributed by atoms with Crippen LogP contribution in [0.3, 0.4) is 0 Å². The molecule has 2 atom stereocenters. The van der Waals surface area contributed by atoms with Crippen LogP contribution in [0, 0.1) is 0 Å². The van der Waals surface area contributed by atoms with Gasteiger partial charge in [0.2, 0.25) is 0 Å². The molecule has 1 heterocycles. The standard InChI is InChI=1S/C9H17NO/c1-7-5-9(8(2)11-4)10(3)6-7/h8-9H,1,5-6H2,2-4H3. The number of hydrogen-bond donors (Lipinski definition) is 0. The van der Waals surface area contributed by atoms with Crippen molar-refractivity contribution >= 4 is 0 Å². The van der Waals surface area contributed by atoms with E-state index in [0.717, 1.165) is 13.0 Å². The summed E-state index contributed by atoms with van der Waals surface area (Å²) in [6.45, 7) is 7.11. The third-order valence-corrected chi connectivity index (χ3v) is 2.45. The molecule has 2 unspecified atom stereocenters. The fraction of sp³-hybridized carbons (Fsp3) is 0.778. The van der Waals surface area contributed by atoms with Crippen molar-refractivity contribution in [2.75, 3.05) is 20.7 Å². The Morgan fingerprint density at radius 2 is 2.36 bits per heavy atom. The van der Waals surface area contributed by atoms with E-state index in [0.29, 0.717) is 12.1 Å². The van der Waals surface area contributed by atoms with E-state index in [1.807, 2.05) is 0 Å². The van der Waals surface area contributed by atoms with Crippen LogP contribution in [0.4, 0.5) is 0 Å². The highest BCUT2D eigenvalue weighted by atomic mass is 16.5. The van der Waals surface area contributed by atoms with Gasteiger partial charge in [-0.15, -0.1) is 0 Å². The molecule has 0 N–H and O–H groups in total. The van der Waals surface area contributed by atoms with E-state index < -0.39 is 0 Å². The summed E-state index contributed by atoms with van der Waals surface area (Å²) in [6, 6.07) is 0.535. The van der Waals surface area contributed by atoms with Crippen LogP contribution in [0.1, 0.15) is 13.3 Å². The number of ether oxygens (including phenoxy) is 1. The third-order valence-electron chi connectivity index (χ3n) is 2.45. The first kappa shape index (κ1) is 8.75. The molecule has 1 rings (SSSR count). The molecule has 0 aromatic rings. The first-order valence-electron chi connectivity index (χ1n) is 4.05. The van der Waals surface area contributed by atoms with Crippen molar-refractivity contribution in [3.05, 3.63) is 12.2 Å². The van der Waals surface area contributed by atoms with E-state index in [-0.39, 0.29) is 0 Å². The lowest BCUT2D eigenvalue weighted by molar-refractivity contribution is 0.0532. The molecule has 11 heavy (non-hydrogen) atoms. The van der Waals surface area contributed by atoms with Crippen LogP contribution < -0.4 is 0 Å². The molecule has 0 saturated carbocycles. The van der Waals surface area contributed by atoms with E-state index in [2.05, 4.69) is 25.5 Å². The second-order valence-electron chi connectivity index (χ2n) is 3.38. The normalized spacial score (nSPS) is 29.4. The average molecular weight is 155 g/mol. The SMILES string of the molecule is C=C1CC(C(C)OC)N(C)C1. The third kappa shape index (κ3) is 1.82. The smallest absolute Gasteiger partial charge is 0.0701 e. The van der Waals surface area contributed by atoms with Gasteiger partial charge in [-0.3, -0.25) is 4.90 Å². The molecular weight excluding hydrogens is 138 g/mol. The first-order chi connectivity index (χ1) is 5.15. The van der Waals surface area contributed by atoms with Crippen LogP contribution in [0.2, 0.25) is 0 Å². The minimum absolute atomic E-state index is 0.319. The molecule has 0 aromatic carbocycles. The summed E-state index contributed by atoms with van der Waals surface area (Å²) in [5.41, 5.74) is 1.32. The van der Waals surface area contributed by atoms with Crippen molar-refractivity contribution in [2.24, 2.45) is 0 Å². The quantitative estimate of drug-likeness (QED) is 0.557. The van der Waals surface area contributed by atoms with Crippen LogP contribution in [-0.2, 0) is 4.74 Å². The van der Waals surface area contributed by atoms with Gasteiger partial charge in [0.25, 0.3) is 0 Å². The van der Waals surface area contributed by atoms with Gasteiger partial charge >= 0.3 is 0 Å². The summed E-state index contributed by atoms with van der Waals surface area (Å²) < 4.78 is 5.27.